The van der Waals surface area contributed by atoms with Crippen LogP contribution in [0.2, 0.25) is 0 Å². The molecule has 4 rings (SSSR count). The minimum absolute atomic E-state index is 0.244. The summed E-state index contributed by atoms with van der Waals surface area (Å²) >= 11 is 0. The zero-order chi connectivity index (χ0) is 17.2. The van der Waals surface area contributed by atoms with Crippen molar-refractivity contribution < 1.29 is 9.21 Å². The third-order valence-electron chi connectivity index (χ3n) is 5.84. The molecular weight excluding hydrogens is 314 g/mol. The summed E-state index contributed by atoms with van der Waals surface area (Å²) in [5.41, 5.74) is 1.78. The molecule has 2 fully saturated rings. The summed E-state index contributed by atoms with van der Waals surface area (Å²) in [4.78, 5) is 21.1. The molecule has 5 heteroatoms. The molecule has 0 bridgehead atoms. The van der Waals surface area contributed by atoms with E-state index in [0.29, 0.717) is 12.0 Å². The van der Waals surface area contributed by atoms with Gasteiger partial charge in [0, 0.05) is 32.6 Å². The van der Waals surface area contributed by atoms with Crippen molar-refractivity contribution in [1.82, 2.24) is 9.88 Å². The molecule has 0 radical (unpaired) electrons. The van der Waals surface area contributed by atoms with Crippen LogP contribution in [0.15, 0.2) is 28.7 Å². The lowest BCUT2D eigenvalue weighted by molar-refractivity contribution is -0.132. The predicted octanol–water partition coefficient (Wildman–Crippen LogP) is 3.84. The lowest BCUT2D eigenvalue weighted by atomic mass is 9.86. The maximum atomic E-state index is 12.1. The Labute approximate surface area is 149 Å². The van der Waals surface area contributed by atoms with E-state index in [0.717, 1.165) is 62.4 Å². The van der Waals surface area contributed by atoms with E-state index in [9.17, 15) is 4.79 Å². The molecule has 1 aromatic heterocycles. The smallest absolute Gasteiger partial charge is 0.298 e. The molecule has 2 saturated heterocycles. The van der Waals surface area contributed by atoms with Crippen LogP contribution in [0.4, 0.5) is 6.01 Å². The van der Waals surface area contributed by atoms with Gasteiger partial charge < -0.3 is 14.2 Å². The number of fused-ring (bicyclic) bond motifs is 1. The van der Waals surface area contributed by atoms with Gasteiger partial charge >= 0.3 is 0 Å². The van der Waals surface area contributed by atoms with Crippen LogP contribution < -0.4 is 4.90 Å². The highest BCUT2D eigenvalue weighted by atomic mass is 16.4. The van der Waals surface area contributed by atoms with Gasteiger partial charge in [0.05, 0.1) is 0 Å². The number of likely N-dealkylation sites (tertiary alicyclic amines) is 1. The Morgan fingerprint density at radius 2 is 1.88 bits per heavy atom. The van der Waals surface area contributed by atoms with Gasteiger partial charge in [-0.25, -0.2) is 0 Å². The lowest BCUT2D eigenvalue weighted by Gasteiger charge is -2.40. The lowest BCUT2D eigenvalue weighted by Crippen LogP contribution is -2.47. The highest BCUT2D eigenvalue weighted by molar-refractivity contribution is 5.74. The van der Waals surface area contributed by atoms with Crippen molar-refractivity contribution in [1.29, 1.82) is 0 Å². The van der Waals surface area contributed by atoms with Gasteiger partial charge in [-0.2, -0.15) is 4.98 Å². The van der Waals surface area contributed by atoms with E-state index in [4.69, 9.17) is 4.42 Å². The van der Waals surface area contributed by atoms with Gasteiger partial charge in [0.2, 0.25) is 5.91 Å². The molecule has 2 aliphatic rings. The second-order valence-electron chi connectivity index (χ2n) is 7.42. The second kappa shape index (κ2) is 7.06. The largest absolute Gasteiger partial charge is 0.423 e. The summed E-state index contributed by atoms with van der Waals surface area (Å²) in [5, 5.41) is 0. The van der Waals surface area contributed by atoms with Crippen molar-refractivity contribution in [2.75, 3.05) is 24.5 Å². The van der Waals surface area contributed by atoms with Crippen molar-refractivity contribution in [3.8, 4) is 0 Å². The van der Waals surface area contributed by atoms with Gasteiger partial charge in [0.25, 0.3) is 6.01 Å². The van der Waals surface area contributed by atoms with Gasteiger partial charge in [-0.15, -0.1) is 0 Å². The molecule has 2 aromatic rings. The minimum Gasteiger partial charge on any atom is -0.423 e. The monoisotopic (exact) mass is 341 g/mol. The number of hydrogen-bond acceptors (Lipinski definition) is 4. The topological polar surface area (TPSA) is 49.6 Å². The summed E-state index contributed by atoms with van der Waals surface area (Å²) in [6, 6.07) is 9.09. The average Bonchev–Trinajstić information content (AvgIpc) is 2.91. The van der Waals surface area contributed by atoms with E-state index in [1.807, 2.05) is 24.3 Å². The molecule has 1 atom stereocenters. The number of anilines is 1. The van der Waals surface area contributed by atoms with Crippen LogP contribution in [0.25, 0.3) is 11.1 Å². The van der Waals surface area contributed by atoms with E-state index in [1.54, 1.807) is 6.92 Å². The summed E-state index contributed by atoms with van der Waals surface area (Å²) in [6.07, 6.45) is 7.02. The zero-order valence-corrected chi connectivity index (χ0v) is 15.0. The van der Waals surface area contributed by atoms with Crippen LogP contribution in [0.1, 0.15) is 45.4 Å². The highest BCUT2D eigenvalue weighted by Crippen LogP contribution is 2.32. The van der Waals surface area contributed by atoms with Crippen molar-refractivity contribution in [2.45, 2.75) is 51.5 Å². The highest BCUT2D eigenvalue weighted by Gasteiger charge is 2.33. The van der Waals surface area contributed by atoms with Gasteiger partial charge in [-0.3, -0.25) is 4.79 Å². The molecule has 25 heavy (non-hydrogen) atoms. The fraction of sp³-hybridized carbons (Fsp3) is 0.600. The first-order chi connectivity index (χ1) is 12.2. The normalized spacial score (nSPS) is 23.0. The SMILES string of the molecule is CC(=O)N1CCCCCC1C1CCN(c2nc3ccccc3o2)CC1. The molecule has 3 heterocycles. The Hall–Kier alpha value is -2.04. The van der Waals surface area contributed by atoms with Gasteiger partial charge in [-0.05, 0) is 43.7 Å². The summed E-state index contributed by atoms with van der Waals surface area (Å²) < 4.78 is 5.92. The Balaban J connectivity index is 1.44. The second-order valence-corrected chi connectivity index (χ2v) is 7.42. The first kappa shape index (κ1) is 16.4. The zero-order valence-electron chi connectivity index (χ0n) is 15.0. The summed E-state index contributed by atoms with van der Waals surface area (Å²) in [7, 11) is 0. The van der Waals surface area contributed by atoms with Gasteiger partial charge in [0.1, 0.15) is 5.52 Å². The van der Waals surface area contributed by atoms with Crippen molar-refractivity contribution >= 4 is 23.0 Å². The van der Waals surface area contributed by atoms with Crippen LogP contribution in [-0.2, 0) is 4.79 Å². The van der Waals surface area contributed by atoms with Gasteiger partial charge in [-0.1, -0.05) is 25.0 Å². The van der Waals surface area contributed by atoms with Crippen LogP contribution in [0, 0.1) is 5.92 Å². The molecule has 1 aromatic carbocycles. The summed E-state index contributed by atoms with van der Waals surface area (Å²) in [6.45, 7) is 4.58. The molecule has 134 valence electrons. The number of hydrogen-bond donors (Lipinski definition) is 0. The number of carbonyl (C=O) groups excluding carboxylic acids is 1. The summed E-state index contributed by atoms with van der Waals surface area (Å²) in [5.74, 6) is 0.843. The van der Waals surface area contributed by atoms with E-state index >= 15 is 0 Å². The Morgan fingerprint density at radius 3 is 2.64 bits per heavy atom. The van der Waals surface area contributed by atoms with Crippen LogP contribution >= 0.6 is 0 Å². The number of piperidine rings is 1. The molecule has 0 N–H and O–H groups in total. The first-order valence-electron chi connectivity index (χ1n) is 9.60. The van der Waals surface area contributed by atoms with Crippen molar-refractivity contribution in [2.24, 2.45) is 5.92 Å². The number of nitrogens with zero attached hydrogens (tertiary/aromatic N) is 3. The Kier molecular flexibility index (Phi) is 4.64. The van der Waals surface area contributed by atoms with Crippen LogP contribution in [-0.4, -0.2) is 41.5 Å². The quantitative estimate of drug-likeness (QED) is 0.833. The van der Waals surface area contributed by atoms with Crippen LogP contribution in [0.3, 0.4) is 0 Å². The number of aromatic nitrogens is 1. The average molecular weight is 341 g/mol. The van der Waals surface area contributed by atoms with E-state index < -0.39 is 0 Å². The Morgan fingerprint density at radius 1 is 1.08 bits per heavy atom. The molecule has 0 aliphatic carbocycles. The minimum atomic E-state index is 0.244. The maximum absolute atomic E-state index is 12.1. The standard InChI is InChI=1S/C20H27N3O2/c1-15(24)23-12-6-2-3-8-18(23)16-10-13-22(14-11-16)20-21-17-7-4-5-9-19(17)25-20/h4-5,7,9,16,18H,2-3,6,8,10-14H2,1H3. The fourth-order valence-electron chi connectivity index (χ4n) is 4.49. The number of carbonyl (C=O) groups is 1. The first-order valence-corrected chi connectivity index (χ1v) is 9.60. The third-order valence-corrected chi connectivity index (χ3v) is 5.84. The molecule has 0 saturated carbocycles. The third kappa shape index (κ3) is 3.37. The fourth-order valence-corrected chi connectivity index (χ4v) is 4.49. The maximum Gasteiger partial charge on any atom is 0.298 e. The van der Waals surface area contributed by atoms with E-state index in [-0.39, 0.29) is 5.91 Å². The molecule has 2 aliphatic heterocycles. The number of para-hydroxylation sites is 2. The van der Waals surface area contributed by atoms with Crippen molar-refractivity contribution in [3.05, 3.63) is 24.3 Å². The molecule has 5 nitrogen and oxygen atoms in total. The molecular formula is C20H27N3O2. The molecule has 0 spiro atoms. The van der Waals surface area contributed by atoms with Gasteiger partial charge in [0.15, 0.2) is 5.58 Å². The van der Waals surface area contributed by atoms with E-state index in [1.165, 1.54) is 12.8 Å². The number of oxazole rings is 1. The van der Waals surface area contributed by atoms with E-state index in [2.05, 4.69) is 14.8 Å². The predicted molar refractivity (Wildman–Crippen MR) is 98.6 cm³/mol. The number of rotatable bonds is 2. The van der Waals surface area contributed by atoms with Crippen LogP contribution in [0.5, 0.6) is 0 Å². The van der Waals surface area contributed by atoms with Crippen molar-refractivity contribution in [3.63, 3.8) is 0 Å². The molecule has 1 amide bonds. The molecule has 1 unspecified atom stereocenters. The number of benzene rings is 1. The Bertz CT molecular complexity index is 700. The number of amides is 1.